The number of rotatable bonds is 5. The lowest BCUT2D eigenvalue weighted by atomic mass is 9.69. The second kappa shape index (κ2) is 8.88. The Balaban J connectivity index is 1.79. The van der Waals surface area contributed by atoms with Crippen molar-refractivity contribution >= 4 is 17.5 Å². The minimum Gasteiger partial charge on any atom is -0.508 e. The zero-order valence-corrected chi connectivity index (χ0v) is 17.9. The third-order valence-corrected chi connectivity index (χ3v) is 6.09. The van der Waals surface area contributed by atoms with Crippen molar-refractivity contribution in [2.24, 2.45) is 10.9 Å². The number of carbonyl (C=O) groups excluding carboxylic acids is 2. The van der Waals surface area contributed by atoms with Crippen molar-refractivity contribution in [2.45, 2.75) is 44.9 Å². The number of aromatic hydroxyl groups is 1. The van der Waals surface area contributed by atoms with E-state index in [9.17, 15) is 14.7 Å². The number of nitrogens with zero attached hydrogens (tertiary/aromatic N) is 1. The summed E-state index contributed by atoms with van der Waals surface area (Å²) in [6, 6.07) is 16.8. The maximum Gasteiger partial charge on any atom is 0.315 e. The molecule has 4 rings (SSSR count). The van der Waals surface area contributed by atoms with Gasteiger partial charge in [0.05, 0.1) is 6.61 Å². The van der Waals surface area contributed by atoms with Crippen LogP contribution in [0.3, 0.4) is 0 Å². The number of aliphatic imine (C=N–C) groups is 1. The highest BCUT2D eigenvalue weighted by molar-refractivity contribution is 6.09. The highest BCUT2D eigenvalue weighted by Gasteiger charge is 2.44. The molecule has 1 unspecified atom stereocenters. The van der Waals surface area contributed by atoms with Gasteiger partial charge in [-0.05, 0) is 48.9 Å². The molecule has 0 bridgehead atoms. The van der Waals surface area contributed by atoms with Gasteiger partial charge in [0.2, 0.25) is 0 Å². The van der Waals surface area contributed by atoms with Gasteiger partial charge in [-0.1, -0.05) is 49.4 Å². The molecule has 1 N–H and O–H groups in total. The van der Waals surface area contributed by atoms with Crippen LogP contribution in [0.1, 0.15) is 56.1 Å². The van der Waals surface area contributed by atoms with E-state index < -0.39 is 11.8 Å². The number of esters is 1. The highest BCUT2D eigenvalue weighted by Crippen LogP contribution is 2.47. The fraction of sp³-hybridized carbons (Fsp3) is 0.346. The van der Waals surface area contributed by atoms with Gasteiger partial charge >= 0.3 is 5.97 Å². The molecule has 0 saturated carbocycles. The quantitative estimate of drug-likeness (QED) is 0.701. The van der Waals surface area contributed by atoms with Crippen molar-refractivity contribution in [3.05, 3.63) is 77.0 Å². The van der Waals surface area contributed by atoms with E-state index in [0.717, 1.165) is 23.2 Å². The number of ketones is 1. The molecule has 2 aliphatic rings. The molecule has 5 nitrogen and oxygen atoms in total. The fourth-order valence-corrected chi connectivity index (χ4v) is 4.70. The summed E-state index contributed by atoms with van der Waals surface area (Å²) in [6.07, 6.45) is 1.75. The second-order valence-corrected chi connectivity index (χ2v) is 8.27. The van der Waals surface area contributed by atoms with Crippen LogP contribution in [0.15, 0.2) is 70.9 Å². The van der Waals surface area contributed by atoms with Gasteiger partial charge in [-0.3, -0.25) is 14.6 Å². The summed E-state index contributed by atoms with van der Waals surface area (Å²) < 4.78 is 5.47. The van der Waals surface area contributed by atoms with E-state index in [0.29, 0.717) is 30.7 Å². The number of hydrogen-bond donors (Lipinski definition) is 1. The normalized spacial score (nSPS) is 23.2. The first-order valence-electron chi connectivity index (χ1n) is 10.8. The molecule has 5 heteroatoms. The molecule has 1 aliphatic heterocycles. The van der Waals surface area contributed by atoms with E-state index >= 15 is 0 Å². The molecule has 1 heterocycles. The van der Waals surface area contributed by atoms with Gasteiger partial charge in [0.1, 0.15) is 11.7 Å². The molecule has 2 aromatic rings. The van der Waals surface area contributed by atoms with Crippen molar-refractivity contribution in [1.29, 1.82) is 0 Å². The Kier molecular flexibility index (Phi) is 6.03. The van der Waals surface area contributed by atoms with Crippen LogP contribution >= 0.6 is 0 Å². The Labute approximate surface area is 182 Å². The summed E-state index contributed by atoms with van der Waals surface area (Å²) in [4.78, 5) is 31.2. The first-order valence-corrected chi connectivity index (χ1v) is 10.8. The largest absolute Gasteiger partial charge is 0.508 e. The molecule has 3 atom stereocenters. The lowest BCUT2D eigenvalue weighted by molar-refractivity contribution is -0.146. The molecule has 0 saturated heterocycles. The summed E-state index contributed by atoms with van der Waals surface area (Å²) >= 11 is 0. The third kappa shape index (κ3) is 4.18. The van der Waals surface area contributed by atoms with Crippen LogP contribution in [-0.2, 0) is 14.3 Å². The SMILES string of the molecule is CCCOC(=O)C1C(C)=NC2=C(C(=O)C[C@H](c3ccccc3)C2)[C@H]1c1cccc(O)c1. The first-order chi connectivity index (χ1) is 15.0. The van der Waals surface area contributed by atoms with Gasteiger partial charge in [0.15, 0.2) is 5.78 Å². The molecule has 160 valence electrons. The summed E-state index contributed by atoms with van der Waals surface area (Å²) in [7, 11) is 0. The van der Waals surface area contributed by atoms with Crippen molar-refractivity contribution in [3.63, 3.8) is 0 Å². The van der Waals surface area contributed by atoms with Crippen LogP contribution < -0.4 is 0 Å². The molecule has 0 amide bonds. The molecule has 2 aromatic carbocycles. The fourth-order valence-electron chi connectivity index (χ4n) is 4.70. The first kappa shape index (κ1) is 21.0. The smallest absolute Gasteiger partial charge is 0.315 e. The van der Waals surface area contributed by atoms with Gasteiger partial charge < -0.3 is 9.84 Å². The number of Topliss-reactive ketones (excluding diaryl/α,β-unsaturated/α-hetero) is 1. The summed E-state index contributed by atoms with van der Waals surface area (Å²) in [5, 5.41) is 10.1. The molecular weight excluding hydrogens is 390 g/mol. The maximum atomic E-state index is 13.4. The summed E-state index contributed by atoms with van der Waals surface area (Å²) in [5.41, 5.74) is 3.83. The van der Waals surface area contributed by atoms with E-state index in [1.165, 1.54) is 0 Å². The summed E-state index contributed by atoms with van der Waals surface area (Å²) in [5.74, 6) is -1.38. The number of carbonyl (C=O) groups is 2. The van der Waals surface area contributed by atoms with E-state index in [1.54, 1.807) is 18.2 Å². The average molecular weight is 418 g/mol. The lowest BCUT2D eigenvalue weighted by Crippen LogP contribution is -2.38. The van der Waals surface area contributed by atoms with Gasteiger partial charge in [-0.2, -0.15) is 0 Å². The van der Waals surface area contributed by atoms with Crippen LogP contribution in [0.25, 0.3) is 0 Å². The predicted molar refractivity (Wildman–Crippen MR) is 119 cm³/mol. The maximum absolute atomic E-state index is 13.4. The van der Waals surface area contributed by atoms with Crippen LogP contribution in [0.2, 0.25) is 0 Å². The number of benzene rings is 2. The number of ether oxygens (including phenoxy) is 1. The van der Waals surface area contributed by atoms with Crippen molar-refractivity contribution < 1.29 is 19.4 Å². The van der Waals surface area contributed by atoms with Gasteiger partial charge in [-0.25, -0.2) is 0 Å². The van der Waals surface area contributed by atoms with E-state index in [-0.39, 0.29) is 23.4 Å². The number of phenols is 1. The second-order valence-electron chi connectivity index (χ2n) is 8.27. The Morgan fingerprint density at radius 2 is 1.84 bits per heavy atom. The highest BCUT2D eigenvalue weighted by atomic mass is 16.5. The standard InChI is InChI=1S/C26H27NO4/c1-3-12-31-26(30)23-16(2)27-21-14-19(17-8-5-4-6-9-17)15-22(29)25(21)24(23)18-10-7-11-20(28)13-18/h4-11,13,19,23-24,28H,3,12,14-15H2,1-2H3/t19-,23?,24+/m1/s1. The van der Waals surface area contributed by atoms with Crippen molar-refractivity contribution in [1.82, 2.24) is 0 Å². The number of allylic oxidation sites excluding steroid dienone is 2. The topological polar surface area (TPSA) is 76.0 Å². The molecule has 0 aromatic heterocycles. The molecule has 31 heavy (non-hydrogen) atoms. The number of hydrogen-bond acceptors (Lipinski definition) is 5. The minimum absolute atomic E-state index is 0.00740. The van der Waals surface area contributed by atoms with Crippen LogP contribution in [0, 0.1) is 5.92 Å². The lowest BCUT2D eigenvalue weighted by Gasteiger charge is -2.36. The monoisotopic (exact) mass is 417 g/mol. The molecule has 0 radical (unpaired) electrons. The Hall–Kier alpha value is -3.21. The van der Waals surface area contributed by atoms with Gasteiger partial charge in [0, 0.05) is 29.3 Å². The summed E-state index contributed by atoms with van der Waals surface area (Å²) in [6.45, 7) is 4.09. The zero-order chi connectivity index (χ0) is 22.0. The minimum atomic E-state index is -0.677. The number of phenolic OH excluding ortho intramolecular Hbond substituents is 1. The van der Waals surface area contributed by atoms with Crippen LogP contribution in [0.5, 0.6) is 5.75 Å². The third-order valence-electron chi connectivity index (χ3n) is 6.09. The van der Waals surface area contributed by atoms with Crippen molar-refractivity contribution in [3.8, 4) is 5.75 Å². The molecular formula is C26H27NO4. The molecule has 0 spiro atoms. The van der Waals surface area contributed by atoms with Crippen molar-refractivity contribution in [2.75, 3.05) is 6.61 Å². The Bertz CT molecular complexity index is 1050. The average Bonchev–Trinajstić information content (AvgIpc) is 2.77. The molecule has 1 aliphatic carbocycles. The Morgan fingerprint density at radius 3 is 2.55 bits per heavy atom. The van der Waals surface area contributed by atoms with E-state index in [2.05, 4.69) is 0 Å². The molecule has 0 fully saturated rings. The predicted octanol–water partition coefficient (Wildman–Crippen LogP) is 4.92. The van der Waals surface area contributed by atoms with E-state index in [1.807, 2.05) is 50.2 Å². The van der Waals surface area contributed by atoms with Crippen LogP contribution in [0.4, 0.5) is 0 Å². The zero-order valence-electron chi connectivity index (χ0n) is 17.9. The Morgan fingerprint density at radius 1 is 1.10 bits per heavy atom. The van der Waals surface area contributed by atoms with Crippen LogP contribution in [-0.4, -0.2) is 29.2 Å². The van der Waals surface area contributed by atoms with E-state index in [4.69, 9.17) is 9.73 Å². The van der Waals surface area contributed by atoms with Gasteiger partial charge in [0.25, 0.3) is 0 Å². The van der Waals surface area contributed by atoms with Gasteiger partial charge in [-0.15, -0.1) is 0 Å².